The Kier molecular flexibility index (Phi) is 4.60. The number of carboxylic acids is 1. The van der Waals surface area contributed by atoms with Crippen molar-refractivity contribution in [3.8, 4) is 17.1 Å². The summed E-state index contributed by atoms with van der Waals surface area (Å²) in [6.45, 7) is -0.0655. The predicted octanol–water partition coefficient (Wildman–Crippen LogP) is -1.91. The van der Waals surface area contributed by atoms with Gasteiger partial charge >= 0.3 is 5.97 Å². The first kappa shape index (κ1) is 19.4. The van der Waals surface area contributed by atoms with E-state index in [2.05, 4.69) is 15.5 Å². The van der Waals surface area contributed by atoms with Crippen LogP contribution < -0.4 is 16.5 Å². The number of pyridine rings is 1. The standard InChI is InChI=1S/C17H16N6O7/c18-9-6-22-5-8(14(17(28)29)23(22)16(9)27)15(26)20-3-7-1-11(21-30-7)10-2-12(24)13(25)4-19-10/h1-2,4,9,25H,3,5-6,18H2,(H,19,24)(H,20,26)(H,28,29). The number of hydrogen-bond acceptors (Lipinski definition) is 9. The molecular weight excluding hydrogens is 400 g/mol. The van der Waals surface area contributed by atoms with Crippen LogP contribution in [0.1, 0.15) is 5.76 Å². The van der Waals surface area contributed by atoms with Crippen molar-refractivity contribution in [2.75, 3.05) is 13.1 Å². The molecule has 2 aliphatic rings. The second-order valence-electron chi connectivity index (χ2n) is 6.69. The van der Waals surface area contributed by atoms with E-state index in [1.807, 2.05) is 0 Å². The van der Waals surface area contributed by atoms with E-state index in [-0.39, 0.29) is 36.7 Å². The van der Waals surface area contributed by atoms with E-state index in [4.69, 9.17) is 10.3 Å². The summed E-state index contributed by atoms with van der Waals surface area (Å²) in [6, 6.07) is 1.76. The summed E-state index contributed by atoms with van der Waals surface area (Å²) in [7, 11) is 0. The first-order valence-corrected chi connectivity index (χ1v) is 8.73. The number of nitrogens with zero attached hydrogens (tertiary/aromatic N) is 3. The molecule has 2 aromatic heterocycles. The average molecular weight is 416 g/mol. The van der Waals surface area contributed by atoms with Crippen molar-refractivity contribution < 1.29 is 29.1 Å². The second kappa shape index (κ2) is 7.13. The summed E-state index contributed by atoms with van der Waals surface area (Å²) in [5.41, 5.74) is 5.12. The molecular formula is C17H16N6O7. The second-order valence-corrected chi connectivity index (χ2v) is 6.69. The normalized spacial score (nSPS) is 18.8. The number of fused-ring (bicyclic) bond motifs is 1. The number of hydrazine groups is 1. The molecule has 6 N–H and O–H groups in total. The zero-order chi connectivity index (χ0) is 21.6. The van der Waals surface area contributed by atoms with Crippen LogP contribution in [0.4, 0.5) is 0 Å². The van der Waals surface area contributed by atoms with Gasteiger partial charge in [0.1, 0.15) is 11.7 Å². The van der Waals surface area contributed by atoms with Crippen molar-refractivity contribution in [1.29, 1.82) is 0 Å². The van der Waals surface area contributed by atoms with Gasteiger partial charge in [-0.1, -0.05) is 5.16 Å². The van der Waals surface area contributed by atoms with E-state index in [0.29, 0.717) is 5.69 Å². The molecule has 0 bridgehead atoms. The Morgan fingerprint density at radius 3 is 2.83 bits per heavy atom. The van der Waals surface area contributed by atoms with Crippen LogP contribution in [0.15, 0.2) is 38.9 Å². The predicted molar refractivity (Wildman–Crippen MR) is 97.1 cm³/mol. The van der Waals surface area contributed by atoms with Crippen LogP contribution in [0.5, 0.6) is 5.75 Å². The Hall–Kier alpha value is -3.97. The smallest absolute Gasteiger partial charge is 0.354 e. The number of aliphatic carboxylic acids is 1. The van der Waals surface area contributed by atoms with Gasteiger partial charge in [0.05, 0.1) is 24.4 Å². The maximum absolute atomic E-state index is 12.5. The third-order valence-corrected chi connectivity index (χ3v) is 4.68. The molecule has 2 aromatic rings. The van der Waals surface area contributed by atoms with Gasteiger partial charge in [-0.3, -0.25) is 14.4 Å². The highest BCUT2D eigenvalue weighted by Crippen LogP contribution is 2.29. The zero-order valence-electron chi connectivity index (χ0n) is 15.3. The number of hydrogen-bond donors (Lipinski definition) is 5. The first-order chi connectivity index (χ1) is 14.3. The van der Waals surface area contributed by atoms with Gasteiger partial charge in [0.2, 0.25) is 5.43 Å². The van der Waals surface area contributed by atoms with E-state index in [9.17, 15) is 29.4 Å². The maximum atomic E-state index is 12.5. The lowest BCUT2D eigenvalue weighted by Gasteiger charge is -2.19. The van der Waals surface area contributed by atoms with Crippen molar-refractivity contribution in [3.63, 3.8) is 0 Å². The molecule has 1 atom stereocenters. The molecule has 30 heavy (non-hydrogen) atoms. The number of carboxylic acid groups (broad SMARTS) is 1. The Morgan fingerprint density at radius 1 is 1.37 bits per heavy atom. The van der Waals surface area contributed by atoms with Crippen molar-refractivity contribution >= 4 is 17.8 Å². The molecule has 1 unspecified atom stereocenters. The van der Waals surface area contributed by atoms with E-state index in [1.54, 1.807) is 0 Å². The van der Waals surface area contributed by atoms with Crippen molar-refractivity contribution in [2.45, 2.75) is 12.6 Å². The number of carbonyl (C=O) groups is 3. The van der Waals surface area contributed by atoms with Crippen LogP contribution in [0.2, 0.25) is 0 Å². The maximum Gasteiger partial charge on any atom is 0.354 e. The van der Waals surface area contributed by atoms with Gasteiger partial charge in [-0.25, -0.2) is 14.8 Å². The van der Waals surface area contributed by atoms with Crippen LogP contribution in [-0.4, -0.2) is 67.3 Å². The number of amides is 2. The zero-order valence-corrected chi connectivity index (χ0v) is 15.3. The van der Waals surface area contributed by atoms with Gasteiger partial charge < -0.3 is 30.8 Å². The number of rotatable bonds is 5. The van der Waals surface area contributed by atoms with E-state index in [0.717, 1.165) is 17.3 Å². The molecule has 0 spiro atoms. The molecule has 2 aliphatic heterocycles. The SMILES string of the molecule is NC1CN2CC(C(=O)NCc3cc(-c4cc(=O)c(O)c[nH]4)no3)=C(C(=O)O)N2C1=O. The molecule has 13 nitrogen and oxygen atoms in total. The Morgan fingerprint density at radius 2 is 2.13 bits per heavy atom. The lowest BCUT2D eigenvalue weighted by molar-refractivity contribution is -0.143. The number of aromatic hydroxyl groups is 1. The van der Waals surface area contributed by atoms with Gasteiger partial charge in [-0.15, -0.1) is 0 Å². The van der Waals surface area contributed by atoms with Crippen molar-refractivity contribution in [1.82, 2.24) is 25.5 Å². The summed E-state index contributed by atoms with van der Waals surface area (Å²) in [5, 5.41) is 27.4. The quantitative estimate of drug-likeness (QED) is 0.367. The number of nitrogens with two attached hydrogens (primary N) is 1. The Labute approximate surface area is 167 Å². The molecule has 0 aromatic carbocycles. The topological polar surface area (TPSA) is 195 Å². The number of nitrogens with one attached hydrogen (secondary N) is 2. The minimum absolute atomic E-state index is 0.0662. The highest BCUT2D eigenvalue weighted by molar-refractivity contribution is 6.06. The fourth-order valence-electron chi connectivity index (χ4n) is 3.26. The largest absolute Gasteiger partial charge is 0.503 e. The van der Waals surface area contributed by atoms with Gasteiger partial charge in [0, 0.05) is 24.9 Å². The summed E-state index contributed by atoms with van der Waals surface area (Å²) < 4.78 is 5.11. The Balaban J connectivity index is 1.48. The van der Waals surface area contributed by atoms with Crippen molar-refractivity contribution in [2.24, 2.45) is 5.73 Å². The molecule has 4 heterocycles. The van der Waals surface area contributed by atoms with Crippen molar-refractivity contribution in [3.05, 3.63) is 45.6 Å². The highest BCUT2D eigenvalue weighted by Gasteiger charge is 2.47. The van der Waals surface area contributed by atoms with Crippen LogP contribution in [0.3, 0.4) is 0 Å². The summed E-state index contributed by atoms with van der Waals surface area (Å²) in [5.74, 6) is -2.88. The summed E-state index contributed by atoms with van der Waals surface area (Å²) >= 11 is 0. The van der Waals surface area contributed by atoms with Gasteiger partial charge in [0.15, 0.2) is 17.2 Å². The molecule has 0 aliphatic carbocycles. The molecule has 1 saturated heterocycles. The van der Waals surface area contributed by atoms with E-state index in [1.165, 1.54) is 11.1 Å². The first-order valence-electron chi connectivity index (χ1n) is 8.73. The Bertz CT molecular complexity index is 1150. The van der Waals surface area contributed by atoms with Crippen LogP contribution in [0, 0.1) is 0 Å². The minimum Gasteiger partial charge on any atom is -0.503 e. The number of aromatic amines is 1. The monoisotopic (exact) mass is 416 g/mol. The molecule has 0 saturated carbocycles. The number of H-pyrrole nitrogens is 1. The number of carbonyl (C=O) groups excluding carboxylic acids is 2. The summed E-state index contributed by atoms with van der Waals surface area (Å²) in [4.78, 5) is 50.5. The molecule has 1 fully saturated rings. The molecule has 13 heteroatoms. The fraction of sp³-hybridized carbons (Fsp3) is 0.235. The fourth-order valence-corrected chi connectivity index (χ4v) is 3.26. The lowest BCUT2D eigenvalue weighted by Crippen LogP contribution is -2.37. The summed E-state index contributed by atoms with van der Waals surface area (Å²) in [6.07, 6.45) is 1.11. The van der Waals surface area contributed by atoms with Crippen LogP contribution in [0.25, 0.3) is 11.4 Å². The van der Waals surface area contributed by atoms with Crippen LogP contribution >= 0.6 is 0 Å². The molecule has 4 rings (SSSR count). The third kappa shape index (κ3) is 3.21. The van der Waals surface area contributed by atoms with Gasteiger partial charge in [-0.2, -0.15) is 0 Å². The molecule has 2 amide bonds. The van der Waals surface area contributed by atoms with Crippen LogP contribution in [-0.2, 0) is 20.9 Å². The average Bonchev–Trinajstić information content (AvgIpc) is 3.38. The minimum atomic E-state index is -1.41. The van der Waals surface area contributed by atoms with Gasteiger partial charge in [-0.05, 0) is 0 Å². The van der Waals surface area contributed by atoms with E-state index < -0.39 is 40.7 Å². The van der Waals surface area contributed by atoms with Gasteiger partial charge in [0.25, 0.3) is 11.8 Å². The lowest BCUT2D eigenvalue weighted by atomic mass is 10.1. The number of aromatic nitrogens is 2. The molecule has 0 radical (unpaired) electrons. The highest BCUT2D eigenvalue weighted by atomic mass is 16.5. The molecule has 156 valence electrons. The van der Waals surface area contributed by atoms with E-state index >= 15 is 0 Å². The third-order valence-electron chi connectivity index (χ3n) is 4.68.